The van der Waals surface area contributed by atoms with Gasteiger partial charge in [0.1, 0.15) is 5.82 Å². The molecule has 0 radical (unpaired) electrons. The molecule has 27 heavy (non-hydrogen) atoms. The van der Waals surface area contributed by atoms with E-state index in [0.29, 0.717) is 23.7 Å². The van der Waals surface area contributed by atoms with Gasteiger partial charge in [-0.05, 0) is 49.2 Å². The highest BCUT2D eigenvalue weighted by Gasteiger charge is 2.15. The normalized spacial score (nSPS) is 11.6. The maximum atomic E-state index is 13.6. The third kappa shape index (κ3) is 5.65. The molecule has 0 aromatic heterocycles. The lowest BCUT2D eigenvalue weighted by Gasteiger charge is -2.17. The lowest BCUT2D eigenvalue weighted by atomic mass is 10.1. The van der Waals surface area contributed by atoms with Crippen molar-refractivity contribution < 1.29 is 18.7 Å². The molecule has 0 aliphatic rings. The number of methoxy groups -OCH3 is 1. The lowest BCUT2D eigenvalue weighted by molar-refractivity contribution is 0.237. The van der Waals surface area contributed by atoms with Crippen LogP contribution in [0.15, 0.2) is 30.3 Å². The van der Waals surface area contributed by atoms with Gasteiger partial charge in [-0.15, -0.1) is 0 Å². The standard InChI is InChI=1S/C19H21Cl2FN2O3/c1-4-27-17-6-5-12(7-18(17)26-3)10-23-19(25)24-11(2)13-8-16(22)15(21)9-14(13)20/h5-9,11H,4,10H2,1-3H3,(H2,23,24,25). The lowest BCUT2D eigenvalue weighted by Crippen LogP contribution is -2.36. The molecule has 2 aromatic carbocycles. The molecular formula is C19H21Cl2FN2O3. The van der Waals surface area contributed by atoms with Crippen LogP contribution in [0.2, 0.25) is 10.0 Å². The van der Waals surface area contributed by atoms with Crippen molar-refractivity contribution in [3.8, 4) is 11.5 Å². The number of carbonyl (C=O) groups is 1. The van der Waals surface area contributed by atoms with Crippen molar-refractivity contribution in [3.63, 3.8) is 0 Å². The van der Waals surface area contributed by atoms with Gasteiger partial charge in [0.25, 0.3) is 0 Å². The second-order valence-corrected chi connectivity index (χ2v) is 6.57. The smallest absolute Gasteiger partial charge is 0.315 e. The molecule has 0 aliphatic heterocycles. The second kappa shape index (κ2) is 9.67. The summed E-state index contributed by atoms with van der Waals surface area (Å²) in [4.78, 5) is 12.1. The molecule has 0 fully saturated rings. The SMILES string of the molecule is CCOc1ccc(CNC(=O)NC(C)c2cc(F)c(Cl)cc2Cl)cc1OC. The van der Waals surface area contributed by atoms with E-state index in [9.17, 15) is 9.18 Å². The summed E-state index contributed by atoms with van der Waals surface area (Å²) in [6.07, 6.45) is 0. The van der Waals surface area contributed by atoms with Crippen LogP contribution in [-0.2, 0) is 6.54 Å². The number of carbonyl (C=O) groups excluding carboxylic acids is 1. The summed E-state index contributed by atoms with van der Waals surface area (Å²) in [5, 5.41) is 5.67. The Morgan fingerprint density at radius 2 is 1.93 bits per heavy atom. The van der Waals surface area contributed by atoms with Crippen LogP contribution in [0.5, 0.6) is 11.5 Å². The zero-order chi connectivity index (χ0) is 20.0. The van der Waals surface area contributed by atoms with E-state index in [2.05, 4.69) is 10.6 Å². The van der Waals surface area contributed by atoms with Gasteiger partial charge in [0.05, 0.1) is 24.8 Å². The fraction of sp³-hybridized carbons (Fsp3) is 0.316. The first kappa shape index (κ1) is 21.1. The van der Waals surface area contributed by atoms with Crippen LogP contribution in [0.25, 0.3) is 0 Å². The van der Waals surface area contributed by atoms with Gasteiger partial charge in [0.2, 0.25) is 0 Å². The molecule has 5 nitrogen and oxygen atoms in total. The zero-order valence-electron chi connectivity index (χ0n) is 15.2. The van der Waals surface area contributed by atoms with Crippen molar-refractivity contribution in [3.05, 3.63) is 57.3 Å². The first-order valence-corrected chi connectivity index (χ1v) is 9.09. The Hall–Kier alpha value is -2.18. The Bertz CT molecular complexity index is 818. The van der Waals surface area contributed by atoms with E-state index in [1.165, 1.54) is 12.1 Å². The van der Waals surface area contributed by atoms with Gasteiger partial charge in [0.15, 0.2) is 11.5 Å². The summed E-state index contributed by atoms with van der Waals surface area (Å²) in [5.41, 5.74) is 1.28. The molecule has 1 atom stereocenters. The molecule has 2 aromatic rings. The highest BCUT2D eigenvalue weighted by atomic mass is 35.5. The largest absolute Gasteiger partial charge is 0.493 e. The second-order valence-electron chi connectivity index (χ2n) is 5.75. The van der Waals surface area contributed by atoms with Gasteiger partial charge >= 0.3 is 6.03 Å². The van der Waals surface area contributed by atoms with Crippen molar-refractivity contribution in [2.45, 2.75) is 26.4 Å². The van der Waals surface area contributed by atoms with E-state index in [0.717, 1.165) is 5.56 Å². The molecule has 2 N–H and O–H groups in total. The summed E-state index contributed by atoms with van der Waals surface area (Å²) < 4.78 is 24.4. The molecule has 2 amide bonds. The minimum absolute atomic E-state index is 0.0650. The van der Waals surface area contributed by atoms with Crippen LogP contribution < -0.4 is 20.1 Å². The van der Waals surface area contributed by atoms with Gasteiger partial charge in [0, 0.05) is 11.6 Å². The monoisotopic (exact) mass is 414 g/mol. The van der Waals surface area contributed by atoms with Crippen molar-refractivity contribution in [2.75, 3.05) is 13.7 Å². The summed E-state index contributed by atoms with van der Waals surface area (Å²) >= 11 is 11.8. The van der Waals surface area contributed by atoms with E-state index in [1.807, 2.05) is 13.0 Å². The average molecular weight is 415 g/mol. The van der Waals surface area contributed by atoms with Crippen LogP contribution in [-0.4, -0.2) is 19.7 Å². The first-order valence-electron chi connectivity index (χ1n) is 8.34. The molecule has 8 heteroatoms. The zero-order valence-corrected chi connectivity index (χ0v) is 16.7. The van der Waals surface area contributed by atoms with E-state index in [-0.39, 0.29) is 16.6 Å². The predicted octanol–water partition coefficient (Wildman–Crippen LogP) is 5.10. The third-order valence-electron chi connectivity index (χ3n) is 3.83. The number of hydrogen-bond acceptors (Lipinski definition) is 3. The van der Waals surface area contributed by atoms with Crippen molar-refractivity contribution in [2.24, 2.45) is 0 Å². The quantitative estimate of drug-likeness (QED) is 0.619. The molecule has 0 saturated heterocycles. The van der Waals surface area contributed by atoms with Crippen LogP contribution >= 0.6 is 23.2 Å². The number of nitrogens with one attached hydrogen (secondary N) is 2. The Morgan fingerprint density at radius 3 is 2.59 bits per heavy atom. The molecule has 2 rings (SSSR count). The molecule has 0 spiro atoms. The van der Waals surface area contributed by atoms with Crippen molar-refractivity contribution in [1.29, 1.82) is 0 Å². The number of ether oxygens (including phenoxy) is 2. The van der Waals surface area contributed by atoms with Crippen molar-refractivity contribution >= 4 is 29.2 Å². The Kier molecular flexibility index (Phi) is 7.56. The van der Waals surface area contributed by atoms with Gasteiger partial charge < -0.3 is 20.1 Å². The maximum absolute atomic E-state index is 13.6. The van der Waals surface area contributed by atoms with Crippen LogP contribution in [0, 0.1) is 5.82 Å². The minimum Gasteiger partial charge on any atom is -0.493 e. The Labute approximate surface area is 167 Å². The molecule has 1 unspecified atom stereocenters. The minimum atomic E-state index is -0.591. The summed E-state index contributed by atoms with van der Waals surface area (Å²) in [6, 6.07) is 7.03. The maximum Gasteiger partial charge on any atom is 0.315 e. The fourth-order valence-corrected chi connectivity index (χ4v) is 3.02. The number of urea groups is 1. The van der Waals surface area contributed by atoms with E-state index >= 15 is 0 Å². The van der Waals surface area contributed by atoms with Crippen LogP contribution in [0.4, 0.5) is 9.18 Å². The highest BCUT2D eigenvalue weighted by molar-refractivity contribution is 6.35. The predicted molar refractivity (Wildman–Crippen MR) is 104 cm³/mol. The number of rotatable bonds is 7. The van der Waals surface area contributed by atoms with Gasteiger partial charge in [-0.2, -0.15) is 0 Å². The molecule has 146 valence electrons. The number of benzene rings is 2. The Morgan fingerprint density at radius 1 is 1.19 bits per heavy atom. The van der Waals surface area contributed by atoms with Crippen LogP contribution in [0.1, 0.15) is 31.0 Å². The molecule has 0 bridgehead atoms. The highest BCUT2D eigenvalue weighted by Crippen LogP contribution is 2.29. The van der Waals surface area contributed by atoms with E-state index in [4.69, 9.17) is 32.7 Å². The number of hydrogen-bond donors (Lipinski definition) is 2. The fourth-order valence-electron chi connectivity index (χ4n) is 2.47. The van der Waals surface area contributed by atoms with Gasteiger partial charge in [-0.3, -0.25) is 0 Å². The van der Waals surface area contributed by atoms with Crippen LogP contribution in [0.3, 0.4) is 0 Å². The average Bonchev–Trinajstić information content (AvgIpc) is 2.63. The summed E-state index contributed by atoms with van der Waals surface area (Å²) in [5.74, 6) is 0.640. The van der Waals surface area contributed by atoms with Gasteiger partial charge in [-0.25, -0.2) is 9.18 Å². The van der Waals surface area contributed by atoms with E-state index < -0.39 is 17.9 Å². The van der Waals surface area contributed by atoms with E-state index in [1.54, 1.807) is 26.2 Å². The summed E-state index contributed by atoms with van der Waals surface area (Å²) in [7, 11) is 1.55. The molecule has 0 saturated carbocycles. The summed E-state index contributed by atoms with van der Waals surface area (Å²) in [6.45, 7) is 4.40. The van der Waals surface area contributed by atoms with Crippen molar-refractivity contribution in [1.82, 2.24) is 10.6 Å². The topological polar surface area (TPSA) is 59.6 Å². The first-order chi connectivity index (χ1) is 12.8. The third-order valence-corrected chi connectivity index (χ3v) is 4.45. The number of halogens is 3. The molecule has 0 heterocycles. The van der Waals surface area contributed by atoms with Gasteiger partial charge in [-0.1, -0.05) is 29.3 Å². The molecular weight excluding hydrogens is 394 g/mol. The molecule has 0 aliphatic carbocycles. The number of amides is 2. The Balaban J connectivity index is 1.97.